The van der Waals surface area contributed by atoms with Gasteiger partial charge in [-0.25, -0.2) is 0 Å². The van der Waals surface area contributed by atoms with Crippen LogP contribution < -0.4 is 5.73 Å². The van der Waals surface area contributed by atoms with Gasteiger partial charge in [0.2, 0.25) is 0 Å². The lowest BCUT2D eigenvalue weighted by Crippen LogP contribution is -2.44. The first-order valence-corrected chi connectivity index (χ1v) is 8.78. The number of nitrogens with two attached hydrogens (primary N) is 1. The first-order valence-electron chi connectivity index (χ1n) is 7.98. The van der Waals surface area contributed by atoms with Crippen molar-refractivity contribution >= 4 is 15.9 Å². The van der Waals surface area contributed by atoms with E-state index in [4.69, 9.17) is 5.73 Å². The van der Waals surface area contributed by atoms with Gasteiger partial charge in [0.15, 0.2) is 0 Å². The molecule has 0 radical (unpaired) electrons. The highest BCUT2D eigenvalue weighted by molar-refractivity contribution is 9.10. The summed E-state index contributed by atoms with van der Waals surface area (Å²) in [7, 11) is 2.21. The van der Waals surface area contributed by atoms with Gasteiger partial charge in [-0.2, -0.15) is 0 Å². The van der Waals surface area contributed by atoms with Crippen LogP contribution in [0.15, 0.2) is 28.7 Å². The first kappa shape index (κ1) is 16.9. The maximum absolute atomic E-state index is 6.30. The first-order chi connectivity index (χ1) is 10.0. The average molecular weight is 354 g/mol. The van der Waals surface area contributed by atoms with Crippen LogP contribution in [0.4, 0.5) is 0 Å². The molecule has 2 N–H and O–H groups in total. The number of halogens is 1. The highest BCUT2D eigenvalue weighted by Gasteiger charge is 2.29. The topological polar surface area (TPSA) is 32.5 Å². The van der Waals surface area contributed by atoms with Gasteiger partial charge in [-0.15, -0.1) is 0 Å². The number of likely N-dealkylation sites (tertiary alicyclic amines) is 1. The standard InChI is InChI=1S/C17H28BrN3/c1-4-21-11-7-8-14(21)12-20(3)17(13(2)19)15-9-5-6-10-16(15)18/h5-6,9-10,13-14,17H,4,7-8,11-12,19H2,1-3H3. The van der Waals surface area contributed by atoms with Crippen LogP contribution in [-0.4, -0.2) is 48.6 Å². The van der Waals surface area contributed by atoms with E-state index < -0.39 is 0 Å². The third-order valence-electron chi connectivity index (χ3n) is 4.60. The van der Waals surface area contributed by atoms with E-state index in [1.807, 2.05) is 0 Å². The van der Waals surface area contributed by atoms with Gasteiger partial charge in [-0.05, 0) is 51.5 Å². The van der Waals surface area contributed by atoms with Gasteiger partial charge in [0.05, 0.1) is 6.04 Å². The fourth-order valence-electron chi connectivity index (χ4n) is 3.60. The van der Waals surface area contributed by atoms with E-state index in [0.29, 0.717) is 6.04 Å². The summed E-state index contributed by atoms with van der Waals surface area (Å²) in [6, 6.07) is 9.46. The van der Waals surface area contributed by atoms with Gasteiger partial charge in [0.1, 0.15) is 0 Å². The maximum Gasteiger partial charge on any atom is 0.0505 e. The molecule has 3 unspecified atom stereocenters. The molecule has 1 fully saturated rings. The Balaban J connectivity index is 2.13. The minimum Gasteiger partial charge on any atom is -0.326 e. The molecule has 0 saturated carbocycles. The van der Waals surface area contributed by atoms with Crippen LogP contribution in [0.3, 0.4) is 0 Å². The number of nitrogens with zero attached hydrogens (tertiary/aromatic N) is 2. The van der Waals surface area contributed by atoms with Crippen molar-refractivity contribution in [1.29, 1.82) is 0 Å². The summed E-state index contributed by atoms with van der Waals surface area (Å²) in [4.78, 5) is 5.03. The van der Waals surface area contributed by atoms with Gasteiger partial charge in [0.25, 0.3) is 0 Å². The largest absolute Gasteiger partial charge is 0.326 e. The molecule has 1 saturated heterocycles. The molecule has 118 valence electrons. The predicted molar refractivity (Wildman–Crippen MR) is 93.4 cm³/mol. The van der Waals surface area contributed by atoms with E-state index in [2.05, 4.69) is 70.9 Å². The molecule has 0 bridgehead atoms. The second kappa shape index (κ2) is 7.73. The summed E-state index contributed by atoms with van der Waals surface area (Å²) in [5.41, 5.74) is 7.59. The minimum atomic E-state index is 0.102. The Kier molecular flexibility index (Phi) is 6.23. The Morgan fingerprint density at radius 2 is 2.14 bits per heavy atom. The van der Waals surface area contributed by atoms with Gasteiger partial charge in [0, 0.05) is 23.1 Å². The number of hydrogen-bond donors (Lipinski definition) is 1. The van der Waals surface area contributed by atoms with Crippen molar-refractivity contribution in [2.45, 2.75) is 44.8 Å². The van der Waals surface area contributed by atoms with Crippen LogP contribution in [-0.2, 0) is 0 Å². The minimum absolute atomic E-state index is 0.102. The van der Waals surface area contributed by atoms with Crippen LogP contribution in [0.2, 0.25) is 0 Å². The molecule has 0 aliphatic carbocycles. The third-order valence-corrected chi connectivity index (χ3v) is 5.32. The molecule has 2 rings (SSSR count). The molecule has 1 aliphatic rings. The fourth-order valence-corrected chi connectivity index (χ4v) is 4.12. The van der Waals surface area contributed by atoms with Crippen LogP contribution in [0.25, 0.3) is 0 Å². The summed E-state index contributed by atoms with van der Waals surface area (Å²) < 4.78 is 1.15. The van der Waals surface area contributed by atoms with Crippen molar-refractivity contribution < 1.29 is 0 Å². The van der Waals surface area contributed by atoms with Crippen LogP contribution >= 0.6 is 15.9 Å². The molecule has 1 heterocycles. The molecule has 4 heteroatoms. The zero-order valence-corrected chi connectivity index (χ0v) is 15.0. The Bertz CT molecular complexity index is 449. The highest BCUT2D eigenvalue weighted by atomic mass is 79.9. The number of benzene rings is 1. The second-order valence-corrected chi connectivity index (χ2v) is 7.04. The molecule has 0 spiro atoms. The fraction of sp³-hybridized carbons (Fsp3) is 0.647. The van der Waals surface area contributed by atoms with Crippen molar-refractivity contribution in [1.82, 2.24) is 9.80 Å². The monoisotopic (exact) mass is 353 g/mol. The average Bonchev–Trinajstić information content (AvgIpc) is 2.88. The van der Waals surface area contributed by atoms with Crippen molar-refractivity contribution in [3.05, 3.63) is 34.3 Å². The molecule has 3 atom stereocenters. The van der Waals surface area contributed by atoms with Gasteiger partial charge < -0.3 is 5.73 Å². The summed E-state index contributed by atoms with van der Waals surface area (Å²) >= 11 is 3.68. The van der Waals surface area contributed by atoms with Crippen LogP contribution in [0.1, 0.15) is 38.3 Å². The molecule has 3 nitrogen and oxygen atoms in total. The van der Waals surface area contributed by atoms with Crippen LogP contribution in [0, 0.1) is 0 Å². The summed E-state index contributed by atoms with van der Waals surface area (Å²) in [6.07, 6.45) is 2.63. The third kappa shape index (κ3) is 4.07. The van der Waals surface area contributed by atoms with Crippen molar-refractivity contribution in [3.63, 3.8) is 0 Å². The number of likely N-dealkylation sites (N-methyl/N-ethyl adjacent to an activating group) is 2. The molecule has 1 aromatic rings. The zero-order valence-electron chi connectivity index (χ0n) is 13.4. The lowest BCUT2D eigenvalue weighted by molar-refractivity contribution is 0.151. The molecule has 21 heavy (non-hydrogen) atoms. The zero-order chi connectivity index (χ0) is 15.4. The van der Waals surface area contributed by atoms with Crippen molar-refractivity contribution in [2.75, 3.05) is 26.7 Å². The predicted octanol–water partition coefficient (Wildman–Crippen LogP) is 3.25. The molecular formula is C17H28BrN3. The normalized spacial score (nSPS) is 22.7. The van der Waals surface area contributed by atoms with E-state index in [-0.39, 0.29) is 12.1 Å². The Hall–Kier alpha value is -0.420. The summed E-state index contributed by atoms with van der Waals surface area (Å²) in [5, 5.41) is 0. The summed E-state index contributed by atoms with van der Waals surface area (Å²) in [6.45, 7) is 7.84. The van der Waals surface area contributed by atoms with Crippen LogP contribution in [0.5, 0.6) is 0 Å². The quantitative estimate of drug-likeness (QED) is 0.851. The number of hydrogen-bond acceptors (Lipinski definition) is 3. The summed E-state index contributed by atoms with van der Waals surface area (Å²) in [5.74, 6) is 0. The van der Waals surface area contributed by atoms with E-state index in [9.17, 15) is 0 Å². The Morgan fingerprint density at radius 3 is 2.76 bits per heavy atom. The van der Waals surface area contributed by atoms with Gasteiger partial charge in [-0.1, -0.05) is 41.1 Å². The lowest BCUT2D eigenvalue weighted by Gasteiger charge is -2.36. The van der Waals surface area contributed by atoms with E-state index in [1.165, 1.54) is 24.9 Å². The van der Waals surface area contributed by atoms with E-state index in [0.717, 1.165) is 17.6 Å². The van der Waals surface area contributed by atoms with Crippen molar-refractivity contribution in [3.8, 4) is 0 Å². The smallest absolute Gasteiger partial charge is 0.0505 e. The molecule has 0 amide bonds. The lowest BCUT2D eigenvalue weighted by atomic mass is 9.99. The molecule has 1 aromatic carbocycles. The Morgan fingerprint density at radius 1 is 1.43 bits per heavy atom. The second-order valence-electron chi connectivity index (χ2n) is 6.19. The maximum atomic E-state index is 6.30. The van der Waals surface area contributed by atoms with E-state index in [1.54, 1.807) is 0 Å². The Labute approximate surface area is 137 Å². The highest BCUT2D eigenvalue weighted by Crippen LogP contribution is 2.30. The molecule has 0 aromatic heterocycles. The number of rotatable bonds is 6. The SMILES string of the molecule is CCN1CCCC1CN(C)C(c1ccccc1Br)C(C)N. The van der Waals surface area contributed by atoms with Gasteiger partial charge in [-0.3, -0.25) is 9.80 Å². The van der Waals surface area contributed by atoms with Crippen molar-refractivity contribution in [2.24, 2.45) is 5.73 Å². The van der Waals surface area contributed by atoms with E-state index >= 15 is 0 Å². The van der Waals surface area contributed by atoms with Gasteiger partial charge >= 0.3 is 0 Å². The molecule has 1 aliphatic heterocycles. The molecular weight excluding hydrogens is 326 g/mol.